The highest BCUT2D eigenvalue weighted by molar-refractivity contribution is 7.35. The van der Waals surface area contributed by atoms with Gasteiger partial charge in [0.05, 0.1) is 0 Å². The van der Waals surface area contributed by atoms with E-state index in [1.807, 2.05) is 0 Å². The summed E-state index contributed by atoms with van der Waals surface area (Å²) in [5, 5.41) is 2.56. The van der Waals surface area contributed by atoms with E-state index in [9.17, 15) is 0 Å². The van der Waals surface area contributed by atoms with Crippen LogP contribution in [0.1, 0.15) is 42.5 Å². The summed E-state index contributed by atoms with van der Waals surface area (Å²) >= 11 is 7.75. The zero-order valence-electron chi connectivity index (χ0n) is 16.0. The van der Waals surface area contributed by atoms with Crippen molar-refractivity contribution in [3.05, 3.63) is 101 Å². The fourth-order valence-electron chi connectivity index (χ4n) is 4.49. The van der Waals surface area contributed by atoms with Gasteiger partial charge in [-0.1, -0.05) is 104 Å². The van der Waals surface area contributed by atoms with Gasteiger partial charge in [-0.05, 0) is 40.4 Å². The SMILES string of the molecule is CCCc1cccc2c1C=C(C)C2[Si](Cl)(c1ccccc1)c1ccccc1. The molecule has 1 aliphatic carbocycles. The average molecular weight is 389 g/mol. The molecule has 0 fully saturated rings. The summed E-state index contributed by atoms with van der Waals surface area (Å²) in [7, 11) is -2.52. The van der Waals surface area contributed by atoms with E-state index in [1.165, 1.54) is 32.6 Å². The standard InChI is InChI=1S/C25H25ClSi/c1-3-11-20-12-10-17-23-24(20)18-19(2)25(23)27(26,21-13-6-4-7-14-21)22-15-8-5-9-16-22/h4-10,12-18,25H,3,11H2,1-2H3. The summed E-state index contributed by atoms with van der Waals surface area (Å²) in [6, 6.07) is 28.3. The molecule has 1 aliphatic rings. The molecule has 4 rings (SSSR count). The van der Waals surface area contributed by atoms with Crippen molar-refractivity contribution in [2.75, 3.05) is 0 Å². The van der Waals surface area contributed by atoms with Crippen LogP contribution in [0, 0.1) is 0 Å². The molecule has 3 aromatic rings. The molecule has 0 aromatic heterocycles. The molecule has 0 saturated heterocycles. The van der Waals surface area contributed by atoms with Crippen molar-refractivity contribution >= 4 is 34.9 Å². The van der Waals surface area contributed by atoms with Gasteiger partial charge in [0.1, 0.15) is 0 Å². The maximum atomic E-state index is 7.75. The summed E-state index contributed by atoms with van der Waals surface area (Å²) in [5.74, 6) is 0. The molecular formula is C25H25ClSi. The Kier molecular flexibility index (Phi) is 5.08. The molecule has 2 heteroatoms. The van der Waals surface area contributed by atoms with Crippen molar-refractivity contribution in [2.45, 2.75) is 32.2 Å². The highest BCUT2D eigenvalue weighted by Gasteiger charge is 2.47. The van der Waals surface area contributed by atoms with E-state index in [0.717, 1.165) is 12.8 Å². The number of fused-ring (bicyclic) bond motifs is 1. The monoisotopic (exact) mass is 388 g/mol. The fourth-order valence-corrected chi connectivity index (χ4v) is 9.86. The summed E-state index contributed by atoms with van der Waals surface area (Å²) < 4.78 is 0. The van der Waals surface area contributed by atoms with Crippen LogP contribution in [0.3, 0.4) is 0 Å². The van der Waals surface area contributed by atoms with E-state index in [2.05, 4.69) is 98.8 Å². The Morgan fingerprint density at radius 3 is 1.96 bits per heavy atom. The number of hydrogen-bond donors (Lipinski definition) is 0. The second-order valence-corrected chi connectivity index (χ2v) is 12.4. The largest absolute Gasteiger partial charge is 0.228 e. The Hall–Kier alpha value is -2.09. The van der Waals surface area contributed by atoms with Crippen LogP contribution in [0.5, 0.6) is 0 Å². The van der Waals surface area contributed by atoms with Gasteiger partial charge in [-0.2, -0.15) is 11.1 Å². The molecule has 27 heavy (non-hydrogen) atoms. The Labute approximate surface area is 168 Å². The van der Waals surface area contributed by atoms with Gasteiger partial charge in [0.15, 0.2) is 0 Å². The van der Waals surface area contributed by atoms with Gasteiger partial charge >= 0.3 is 0 Å². The Balaban J connectivity index is 1.94. The van der Waals surface area contributed by atoms with Crippen molar-refractivity contribution < 1.29 is 0 Å². The predicted molar refractivity (Wildman–Crippen MR) is 121 cm³/mol. The van der Waals surface area contributed by atoms with Gasteiger partial charge < -0.3 is 0 Å². The predicted octanol–water partition coefficient (Wildman–Crippen LogP) is 5.68. The molecule has 0 heterocycles. The van der Waals surface area contributed by atoms with Crippen LogP contribution in [-0.2, 0) is 6.42 Å². The highest BCUT2D eigenvalue weighted by atomic mass is 35.6. The van der Waals surface area contributed by atoms with E-state index in [0.29, 0.717) is 0 Å². The zero-order valence-corrected chi connectivity index (χ0v) is 17.7. The normalized spacial score (nSPS) is 16.1. The van der Waals surface area contributed by atoms with E-state index in [4.69, 9.17) is 11.1 Å². The molecule has 3 aromatic carbocycles. The molecule has 1 unspecified atom stereocenters. The molecule has 0 radical (unpaired) electrons. The minimum Gasteiger partial charge on any atom is -0.154 e. The summed E-state index contributed by atoms with van der Waals surface area (Å²) in [6.45, 7) is 4.51. The lowest BCUT2D eigenvalue weighted by atomic mass is 10.00. The molecule has 0 aliphatic heterocycles. The second kappa shape index (κ2) is 7.50. The van der Waals surface area contributed by atoms with Gasteiger partial charge in [0, 0.05) is 5.54 Å². The number of benzene rings is 3. The quantitative estimate of drug-likeness (QED) is 0.389. The van der Waals surface area contributed by atoms with E-state index >= 15 is 0 Å². The summed E-state index contributed by atoms with van der Waals surface area (Å²) in [5.41, 5.74) is 5.92. The highest BCUT2D eigenvalue weighted by Crippen LogP contribution is 2.44. The van der Waals surface area contributed by atoms with Crippen molar-refractivity contribution in [2.24, 2.45) is 0 Å². The first kappa shape index (κ1) is 18.3. The van der Waals surface area contributed by atoms with Crippen molar-refractivity contribution in [3.63, 3.8) is 0 Å². The molecule has 0 bridgehead atoms. The van der Waals surface area contributed by atoms with Crippen LogP contribution < -0.4 is 10.4 Å². The van der Waals surface area contributed by atoms with Crippen LogP contribution in [-0.4, -0.2) is 7.38 Å². The Bertz CT molecular complexity index is 921. The molecular weight excluding hydrogens is 364 g/mol. The molecule has 0 spiro atoms. The van der Waals surface area contributed by atoms with Crippen molar-refractivity contribution in [3.8, 4) is 0 Å². The molecule has 136 valence electrons. The summed E-state index contributed by atoms with van der Waals surface area (Å²) in [4.78, 5) is 0. The zero-order chi connectivity index (χ0) is 18.9. The van der Waals surface area contributed by atoms with Gasteiger partial charge in [0.25, 0.3) is 0 Å². The van der Waals surface area contributed by atoms with Gasteiger partial charge in [-0.15, -0.1) is 0 Å². The number of hydrogen-bond acceptors (Lipinski definition) is 0. The smallest absolute Gasteiger partial charge is 0.154 e. The van der Waals surface area contributed by atoms with Crippen LogP contribution in [0.25, 0.3) is 6.08 Å². The molecule has 1 atom stereocenters. The molecule has 0 nitrogen and oxygen atoms in total. The van der Waals surface area contributed by atoms with Crippen molar-refractivity contribution in [1.29, 1.82) is 0 Å². The fraction of sp³-hybridized carbons (Fsp3) is 0.200. The van der Waals surface area contributed by atoms with E-state index < -0.39 is 7.38 Å². The Morgan fingerprint density at radius 1 is 0.815 bits per heavy atom. The second-order valence-electron chi connectivity index (χ2n) is 7.44. The first-order valence-corrected chi connectivity index (χ1v) is 12.8. The number of aryl methyl sites for hydroxylation is 1. The van der Waals surface area contributed by atoms with E-state index in [-0.39, 0.29) is 5.54 Å². The third kappa shape index (κ3) is 3.09. The minimum absolute atomic E-state index is 0.260. The first-order valence-electron chi connectivity index (χ1n) is 9.76. The number of rotatable bonds is 5. The van der Waals surface area contributed by atoms with Crippen LogP contribution >= 0.6 is 11.1 Å². The first-order chi connectivity index (χ1) is 13.2. The average Bonchev–Trinajstić information content (AvgIpc) is 3.06. The maximum absolute atomic E-state index is 7.75. The molecule has 0 N–H and O–H groups in total. The number of halogens is 1. The van der Waals surface area contributed by atoms with E-state index in [1.54, 1.807) is 0 Å². The van der Waals surface area contributed by atoms with Crippen LogP contribution in [0.2, 0.25) is 0 Å². The lowest BCUT2D eigenvalue weighted by molar-refractivity contribution is 0.916. The Morgan fingerprint density at radius 2 is 1.41 bits per heavy atom. The lowest BCUT2D eigenvalue weighted by Crippen LogP contribution is -2.58. The minimum atomic E-state index is -2.52. The molecule has 0 amide bonds. The topological polar surface area (TPSA) is 0 Å². The van der Waals surface area contributed by atoms with Crippen LogP contribution in [0.4, 0.5) is 0 Å². The maximum Gasteiger partial charge on any atom is 0.228 e. The van der Waals surface area contributed by atoms with Crippen molar-refractivity contribution in [1.82, 2.24) is 0 Å². The lowest BCUT2D eigenvalue weighted by Gasteiger charge is -2.34. The third-order valence-electron chi connectivity index (χ3n) is 5.67. The number of allylic oxidation sites excluding steroid dienone is 1. The van der Waals surface area contributed by atoms with Gasteiger partial charge in [0.2, 0.25) is 7.38 Å². The van der Waals surface area contributed by atoms with Gasteiger partial charge in [-0.3, -0.25) is 0 Å². The van der Waals surface area contributed by atoms with Gasteiger partial charge in [-0.25, -0.2) is 0 Å². The van der Waals surface area contributed by atoms with Crippen LogP contribution in [0.15, 0.2) is 84.4 Å². The summed E-state index contributed by atoms with van der Waals surface area (Å²) in [6.07, 6.45) is 4.67. The molecule has 0 saturated carbocycles. The third-order valence-corrected chi connectivity index (χ3v) is 11.5.